The summed E-state index contributed by atoms with van der Waals surface area (Å²) in [6.45, 7) is 9.90. The number of fused-ring (bicyclic) bond motifs is 1. The van der Waals surface area contributed by atoms with Crippen LogP contribution >= 0.6 is 0 Å². The molecule has 0 spiro atoms. The van der Waals surface area contributed by atoms with E-state index in [2.05, 4.69) is 72.6 Å². The van der Waals surface area contributed by atoms with E-state index in [1.165, 1.54) is 30.4 Å². The average Bonchev–Trinajstić information content (AvgIpc) is 3.04. The Morgan fingerprint density at radius 3 is 2.39 bits per heavy atom. The highest BCUT2D eigenvalue weighted by Crippen LogP contribution is 2.23. The van der Waals surface area contributed by atoms with Crippen LogP contribution in [0.25, 0.3) is 11.0 Å². The minimum atomic E-state index is 0.372. The van der Waals surface area contributed by atoms with Gasteiger partial charge in [-0.1, -0.05) is 64.8 Å². The van der Waals surface area contributed by atoms with Crippen molar-refractivity contribution < 1.29 is 0 Å². The molecule has 0 aliphatic heterocycles. The predicted octanol–water partition coefficient (Wildman–Crippen LogP) is 5.77. The lowest BCUT2D eigenvalue weighted by Crippen LogP contribution is -2.06. The summed E-state index contributed by atoms with van der Waals surface area (Å²) in [6, 6.07) is 11.1. The molecule has 0 amide bonds. The van der Waals surface area contributed by atoms with Gasteiger partial charge in [0, 0.05) is 12.2 Å². The summed E-state index contributed by atoms with van der Waals surface area (Å²) in [5.74, 6) is 0.542. The van der Waals surface area contributed by atoms with Crippen LogP contribution in [0.4, 0.5) is 5.82 Å². The lowest BCUT2D eigenvalue weighted by Gasteiger charge is -2.17. The topological polar surface area (TPSA) is 56.7 Å². The number of pyridine rings is 1. The van der Waals surface area contributed by atoms with Crippen LogP contribution in [0.15, 0.2) is 36.7 Å². The molecular weight excluding hydrogens is 344 g/mol. The van der Waals surface area contributed by atoms with Crippen molar-refractivity contribution in [2.45, 2.75) is 72.8 Å². The van der Waals surface area contributed by atoms with E-state index >= 15 is 0 Å². The number of aromatic nitrogens is 3. The fourth-order valence-corrected chi connectivity index (χ4v) is 3.48. The first kappa shape index (κ1) is 20.4. The van der Waals surface area contributed by atoms with Crippen LogP contribution in [0, 0.1) is 5.41 Å². The summed E-state index contributed by atoms with van der Waals surface area (Å²) in [7, 11) is 0. The van der Waals surface area contributed by atoms with Crippen molar-refractivity contribution >= 4 is 16.9 Å². The van der Waals surface area contributed by atoms with Crippen molar-refractivity contribution in [1.29, 1.82) is 0 Å². The summed E-state index contributed by atoms with van der Waals surface area (Å²) in [6.07, 6.45) is 8.76. The van der Waals surface area contributed by atoms with E-state index in [-0.39, 0.29) is 0 Å². The zero-order chi connectivity index (χ0) is 20.1. The number of hydrogen-bond acceptors (Lipinski definition) is 3. The van der Waals surface area contributed by atoms with Gasteiger partial charge in [-0.05, 0) is 48.3 Å². The average molecular weight is 379 g/mol. The Morgan fingerprint density at radius 2 is 1.71 bits per heavy atom. The van der Waals surface area contributed by atoms with Crippen molar-refractivity contribution in [2.24, 2.45) is 5.41 Å². The number of imidazole rings is 1. The Kier molecular flexibility index (Phi) is 6.38. The van der Waals surface area contributed by atoms with Gasteiger partial charge >= 0.3 is 0 Å². The molecule has 1 aromatic carbocycles. The maximum Gasteiger partial charge on any atom is 0.151 e. The molecule has 0 atom stereocenters. The van der Waals surface area contributed by atoms with Crippen LogP contribution in [0.3, 0.4) is 0 Å². The van der Waals surface area contributed by atoms with Crippen molar-refractivity contribution in [3.63, 3.8) is 0 Å². The molecule has 2 heterocycles. The zero-order valence-corrected chi connectivity index (χ0v) is 17.8. The van der Waals surface area contributed by atoms with E-state index in [1.807, 2.05) is 6.33 Å². The van der Waals surface area contributed by atoms with E-state index in [0.29, 0.717) is 11.2 Å². The molecule has 0 aliphatic rings. The van der Waals surface area contributed by atoms with Crippen LogP contribution < -0.4 is 5.73 Å². The molecule has 2 N–H and O–H groups in total. The SMILES string of the molecule is CCCCCc1cc2c(ncn2Cc2ccc(CCC(C)(C)C)cc2)c(N)n1. The van der Waals surface area contributed by atoms with Crippen LogP contribution in [0.1, 0.15) is 70.2 Å². The van der Waals surface area contributed by atoms with Gasteiger partial charge in [0.2, 0.25) is 0 Å². The largest absolute Gasteiger partial charge is 0.382 e. The monoisotopic (exact) mass is 378 g/mol. The van der Waals surface area contributed by atoms with Crippen LogP contribution in [0.2, 0.25) is 0 Å². The summed E-state index contributed by atoms with van der Waals surface area (Å²) >= 11 is 0. The second-order valence-corrected chi connectivity index (χ2v) is 9.07. The number of anilines is 1. The van der Waals surface area contributed by atoms with Crippen molar-refractivity contribution in [2.75, 3.05) is 5.73 Å². The van der Waals surface area contributed by atoms with Gasteiger partial charge in [-0.2, -0.15) is 0 Å². The highest BCUT2D eigenvalue weighted by atomic mass is 15.1. The van der Waals surface area contributed by atoms with Gasteiger partial charge in [-0.3, -0.25) is 0 Å². The Balaban J connectivity index is 1.74. The number of aryl methyl sites for hydroxylation is 2. The fraction of sp³-hybridized carbons (Fsp3) is 0.500. The molecule has 0 unspecified atom stereocenters. The fourth-order valence-electron chi connectivity index (χ4n) is 3.48. The molecule has 0 aliphatic carbocycles. The number of hydrogen-bond donors (Lipinski definition) is 1. The molecule has 2 aromatic heterocycles. The molecule has 28 heavy (non-hydrogen) atoms. The Bertz CT molecular complexity index is 901. The van der Waals surface area contributed by atoms with Gasteiger partial charge < -0.3 is 10.3 Å². The smallest absolute Gasteiger partial charge is 0.151 e. The second-order valence-electron chi connectivity index (χ2n) is 9.07. The number of nitrogens with zero attached hydrogens (tertiary/aromatic N) is 3. The first-order valence-corrected chi connectivity index (χ1v) is 10.5. The standard InChI is InChI=1S/C24H34N4/c1-5-6-7-8-20-15-21-22(23(25)27-20)26-17-28(21)16-19-11-9-18(10-12-19)13-14-24(2,3)4/h9-12,15,17H,5-8,13-14,16H2,1-4H3,(H2,25,27). The molecule has 3 rings (SSSR count). The molecule has 150 valence electrons. The molecule has 0 radical (unpaired) electrons. The summed E-state index contributed by atoms with van der Waals surface area (Å²) < 4.78 is 2.18. The minimum absolute atomic E-state index is 0.372. The van der Waals surface area contributed by atoms with E-state index < -0.39 is 0 Å². The van der Waals surface area contributed by atoms with Gasteiger partial charge in [-0.25, -0.2) is 9.97 Å². The second kappa shape index (κ2) is 8.76. The first-order chi connectivity index (χ1) is 13.4. The highest BCUT2D eigenvalue weighted by Gasteiger charge is 2.11. The number of nitrogens with two attached hydrogens (primary N) is 1. The van der Waals surface area contributed by atoms with Crippen molar-refractivity contribution in [3.05, 3.63) is 53.5 Å². The first-order valence-electron chi connectivity index (χ1n) is 10.5. The predicted molar refractivity (Wildman–Crippen MR) is 118 cm³/mol. The quantitative estimate of drug-likeness (QED) is 0.506. The van der Waals surface area contributed by atoms with Gasteiger partial charge in [0.1, 0.15) is 5.52 Å². The summed E-state index contributed by atoms with van der Waals surface area (Å²) in [5, 5.41) is 0. The molecule has 3 aromatic rings. The van der Waals surface area contributed by atoms with Gasteiger partial charge in [0.15, 0.2) is 5.82 Å². The number of benzene rings is 1. The number of nitrogen functional groups attached to an aromatic ring is 1. The van der Waals surface area contributed by atoms with Gasteiger partial charge in [0.25, 0.3) is 0 Å². The lowest BCUT2D eigenvalue weighted by atomic mass is 9.88. The van der Waals surface area contributed by atoms with Crippen molar-refractivity contribution in [3.8, 4) is 0 Å². The molecule has 0 fully saturated rings. The molecule has 0 saturated heterocycles. The van der Waals surface area contributed by atoms with Crippen LogP contribution in [-0.2, 0) is 19.4 Å². The molecular formula is C24H34N4. The van der Waals surface area contributed by atoms with Crippen LogP contribution in [-0.4, -0.2) is 14.5 Å². The third kappa shape index (κ3) is 5.34. The highest BCUT2D eigenvalue weighted by molar-refractivity contribution is 5.85. The lowest BCUT2D eigenvalue weighted by molar-refractivity contribution is 0.378. The number of unbranched alkanes of at least 4 members (excludes halogenated alkanes) is 2. The third-order valence-electron chi connectivity index (χ3n) is 5.26. The van der Waals surface area contributed by atoms with Gasteiger partial charge in [0.05, 0.1) is 11.8 Å². The molecule has 4 nitrogen and oxygen atoms in total. The third-order valence-corrected chi connectivity index (χ3v) is 5.26. The Morgan fingerprint density at radius 1 is 1.00 bits per heavy atom. The summed E-state index contributed by atoms with van der Waals surface area (Å²) in [4.78, 5) is 9.05. The number of rotatable bonds is 8. The van der Waals surface area contributed by atoms with E-state index in [9.17, 15) is 0 Å². The van der Waals surface area contributed by atoms with E-state index in [4.69, 9.17) is 5.73 Å². The normalized spacial score (nSPS) is 12.0. The Labute approximate surface area is 169 Å². The minimum Gasteiger partial charge on any atom is -0.382 e. The van der Waals surface area contributed by atoms with E-state index in [1.54, 1.807) is 0 Å². The zero-order valence-electron chi connectivity index (χ0n) is 17.8. The maximum absolute atomic E-state index is 6.17. The molecule has 4 heteroatoms. The summed E-state index contributed by atoms with van der Waals surface area (Å²) in [5.41, 5.74) is 12.2. The van der Waals surface area contributed by atoms with Gasteiger partial charge in [-0.15, -0.1) is 0 Å². The Hall–Kier alpha value is -2.36. The van der Waals surface area contributed by atoms with E-state index in [0.717, 1.165) is 42.5 Å². The van der Waals surface area contributed by atoms with Crippen LogP contribution in [0.5, 0.6) is 0 Å². The maximum atomic E-state index is 6.17. The molecule has 0 saturated carbocycles. The molecule has 0 bridgehead atoms. The van der Waals surface area contributed by atoms with Crippen molar-refractivity contribution in [1.82, 2.24) is 14.5 Å².